The van der Waals surface area contributed by atoms with E-state index in [0.29, 0.717) is 0 Å². The van der Waals surface area contributed by atoms with Gasteiger partial charge in [0.15, 0.2) is 0 Å². The van der Waals surface area contributed by atoms with E-state index in [1.807, 2.05) is 0 Å². The second-order valence-electron chi connectivity index (χ2n) is 3.44. The molecule has 6 nitrogen and oxygen atoms in total. The number of carboxylic acid groups (broad SMARTS) is 1. The fourth-order valence-corrected chi connectivity index (χ4v) is 1.62. The lowest BCUT2D eigenvalue weighted by molar-refractivity contribution is -0.386. The predicted octanol–water partition coefficient (Wildman–Crippen LogP) is 2.56. The zero-order valence-corrected chi connectivity index (χ0v) is 10.1. The lowest BCUT2D eigenvalue weighted by Crippen LogP contribution is -2.10. The Balaban J connectivity index is 3.41. The topological polar surface area (TPSA) is 89.7 Å². The van der Waals surface area contributed by atoms with E-state index in [2.05, 4.69) is 4.74 Å². The van der Waals surface area contributed by atoms with Crippen LogP contribution in [-0.2, 0) is 17.1 Å². The van der Waals surface area contributed by atoms with Gasteiger partial charge in [-0.05, 0) is 11.6 Å². The minimum Gasteiger partial charge on any atom is -0.481 e. The van der Waals surface area contributed by atoms with Crippen molar-refractivity contribution in [3.8, 4) is 5.75 Å². The van der Waals surface area contributed by atoms with Gasteiger partial charge in [0.05, 0.1) is 11.3 Å². The maximum Gasteiger partial charge on any atom is 0.387 e. The molecule has 0 atom stereocenters. The summed E-state index contributed by atoms with van der Waals surface area (Å²) < 4.78 is 28.5. The first-order valence-electron chi connectivity index (χ1n) is 4.88. The number of ether oxygens (including phenoxy) is 1. The van der Waals surface area contributed by atoms with E-state index in [1.54, 1.807) is 0 Å². The number of benzene rings is 1. The molecule has 9 heteroatoms. The van der Waals surface area contributed by atoms with Crippen LogP contribution in [0.2, 0.25) is 0 Å². The highest BCUT2D eigenvalue weighted by atomic mass is 35.5. The van der Waals surface area contributed by atoms with Crippen molar-refractivity contribution in [2.24, 2.45) is 0 Å². The summed E-state index contributed by atoms with van der Waals surface area (Å²) in [7, 11) is 0. The molecule has 0 saturated carbocycles. The smallest absolute Gasteiger partial charge is 0.387 e. The lowest BCUT2D eigenvalue weighted by atomic mass is 10.1. The zero-order valence-electron chi connectivity index (χ0n) is 9.31. The molecule has 0 aliphatic heterocycles. The van der Waals surface area contributed by atoms with Crippen molar-refractivity contribution >= 4 is 23.3 Å². The van der Waals surface area contributed by atoms with Crippen LogP contribution in [0.15, 0.2) is 12.1 Å². The third-order valence-corrected chi connectivity index (χ3v) is 2.41. The van der Waals surface area contributed by atoms with Crippen LogP contribution in [0.5, 0.6) is 5.75 Å². The average molecular weight is 296 g/mol. The molecule has 1 aromatic rings. The normalized spacial score (nSPS) is 10.5. The first-order valence-corrected chi connectivity index (χ1v) is 5.41. The summed E-state index contributed by atoms with van der Waals surface area (Å²) in [4.78, 5) is 20.5. The molecule has 104 valence electrons. The SMILES string of the molecule is O=C(O)Cc1cc(CCl)cc([N+](=O)[O-])c1OC(F)F. The first kappa shape index (κ1) is 15.1. The van der Waals surface area contributed by atoms with Gasteiger partial charge in [-0.2, -0.15) is 8.78 Å². The lowest BCUT2D eigenvalue weighted by Gasteiger charge is -2.11. The molecule has 0 heterocycles. The van der Waals surface area contributed by atoms with E-state index in [4.69, 9.17) is 16.7 Å². The third kappa shape index (κ3) is 4.02. The highest BCUT2D eigenvalue weighted by Gasteiger charge is 2.25. The van der Waals surface area contributed by atoms with E-state index < -0.39 is 35.4 Å². The maximum absolute atomic E-state index is 12.2. The molecule has 0 radical (unpaired) electrons. The number of aliphatic carboxylic acids is 1. The van der Waals surface area contributed by atoms with Gasteiger partial charge in [-0.25, -0.2) is 0 Å². The largest absolute Gasteiger partial charge is 0.481 e. The Labute approximate surface area is 110 Å². The third-order valence-electron chi connectivity index (χ3n) is 2.11. The summed E-state index contributed by atoms with van der Waals surface area (Å²) in [5.74, 6) is -2.21. The minimum absolute atomic E-state index is 0.123. The van der Waals surface area contributed by atoms with Crippen LogP contribution in [0.1, 0.15) is 11.1 Å². The number of nitro groups is 1. The van der Waals surface area contributed by atoms with Gasteiger partial charge in [0.2, 0.25) is 5.75 Å². The van der Waals surface area contributed by atoms with E-state index in [0.717, 1.165) is 6.07 Å². The van der Waals surface area contributed by atoms with Crippen LogP contribution in [0.25, 0.3) is 0 Å². The number of hydrogen-bond acceptors (Lipinski definition) is 4. The number of rotatable bonds is 6. The van der Waals surface area contributed by atoms with Gasteiger partial charge in [-0.1, -0.05) is 0 Å². The Morgan fingerprint density at radius 1 is 1.53 bits per heavy atom. The first-order chi connectivity index (χ1) is 8.85. The van der Waals surface area contributed by atoms with Gasteiger partial charge < -0.3 is 9.84 Å². The van der Waals surface area contributed by atoms with Crippen molar-refractivity contribution in [2.75, 3.05) is 0 Å². The molecule has 1 N–H and O–H groups in total. The quantitative estimate of drug-likeness (QED) is 0.495. The summed E-state index contributed by atoms with van der Waals surface area (Å²) in [6.07, 6.45) is -0.687. The van der Waals surface area contributed by atoms with Gasteiger partial charge in [0.1, 0.15) is 0 Å². The summed E-state index contributed by atoms with van der Waals surface area (Å²) in [6, 6.07) is 2.15. The van der Waals surface area contributed by atoms with Crippen LogP contribution < -0.4 is 4.74 Å². The molecule has 0 aliphatic rings. The summed E-state index contributed by atoms with van der Waals surface area (Å²) >= 11 is 5.51. The van der Waals surface area contributed by atoms with E-state index in [1.165, 1.54) is 6.07 Å². The van der Waals surface area contributed by atoms with E-state index in [9.17, 15) is 23.7 Å². The average Bonchev–Trinajstić information content (AvgIpc) is 2.29. The second-order valence-corrected chi connectivity index (χ2v) is 3.71. The number of carbonyl (C=O) groups is 1. The number of halogens is 3. The van der Waals surface area contributed by atoms with E-state index >= 15 is 0 Å². The fourth-order valence-electron chi connectivity index (χ4n) is 1.47. The van der Waals surface area contributed by atoms with E-state index in [-0.39, 0.29) is 17.0 Å². The summed E-state index contributed by atoms with van der Waals surface area (Å²) in [5.41, 5.74) is -0.724. The molecule has 0 saturated heterocycles. The van der Waals surface area contributed by atoms with Gasteiger partial charge in [-0.15, -0.1) is 11.6 Å². The Hall–Kier alpha value is -1.96. The summed E-state index contributed by atoms with van der Waals surface area (Å²) in [5, 5.41) is 19.5. The van der Waals surface area contributed by atoms with Crippen LogP contribution in [0.4, 0.5) is 14.5 Å². The minimum atomic E-state index is -3.30. The van der Waals surface area contributed by atoms with Crippen LogP contribution in [0, 0.1) is 10.1 Å². The molecule has 0 fully saturated rings. The van der Waals surface area contributed by atoms with Gasteiger partial charge in [-0.3, -0.25) is 14.9 Å². The number of nitro benzene ring substituents is 1. The Morgan fingerprint density at radius 3 is 2.58 bits per heavy atom. The zero-order chi connectivity index (χ0) is 14.6. The monoisotopic (exact) mass is 295 g/mol. The number of alkyl halides is 3. The van der Waals surface area contributed by atoms with Crippen LogP contribution in [-0.4, -0.2) is 22.6 Å². The van der Waals surface area contributed by atoms with Gasteiger partial charge in [0, 0.05) is 17.5 Å². The maximum atomic E-state index is 12.2. The van der Waals surface area contributed by atoms with Crippen LogP contribution >= 0.6 is 11.6 Å². The molecule has 0 amide bonds. The molecule has 1 rings (SSSR count). The molecule has 0 bridgehead atoms. The van der Waals surface area contributed by atoms with Crippen molar-refractivity contribution < 1.29 is 28.3 Å². The number of hydrogen-bond donors (Lipinski definition) is 1. The second kappa shape index (κ2) is 6.28. The van der Waals surface area contributed by atoms with Crippen molar-refractivity contribution in [1.29, 1.82) is 0 Å². The molecule has 19 heavy (non-hydrogen) atoms. The Morgan fingerprint density at radius 2 is 2.16 bits per heavy atom. The molecule has 0 unspecified atom stereocenters. The van der Waals surface area contributed by atoms with Gasteiger partial charge in [0.25, 0.3) is 0 Å². The molecular weight excluding hydrogens is 288 g/mol. The number of carboxylic acids is 1. The van der Waals surface area contributed by atoms with Crippen molar-refractivity contribution in [3.05, 3.63) is 33.4 Å². The van der Waals surface area contributed by atoms with Crippen molar-refractivity contribution in [1.82, 2.24) is 0 Å². The van der Waals surface area contributed by atoms with Crippen molar-refractivity contribution in [3.63, 3.8) is 0 Å². The fraction of sp³-hybridized carbons (Fsp3) is 0.300. The molecular formula is C10H8ClF2NO5. The summed E-state index contributed by atoms with van der Waals surface area (Å²) in [6.45, 7) is -3.30. The molecule has 1 aromatic carbocycles. The molecule has 0 aliphatic carbocycles. The van der Waals surface area contributed by atoms with Crippen LogP contribution in [0.3, 0.4) is 0 Å². The highest BCUT2D eigenvalue weighted by Crippen LogP contribution is 2.34. The van der Waals surface area contributed by atoms with Crippen molar-refractivity contribution in [2.45, 2.75) is 18.9 Å². The molecule has 0 aromatic heterocycles. The Bertz CT molecular complexity index is 509. The highest BCUT2D eigenvalue weighted by molar-refractivity contribution is 6.17. The van der Waals surface area contributed by atoms with Gasteiger partial charge >= 0.3 is 18.3 Å². The Kier molecular flexibility index (Phi) is 4.99. The standard InChI is InChI=1S/C10H8ClF2NO5/c11-4-5-1-6(3-8(15)16)9(19-10(12)13)7(2-5)14(17)18/h1-2,10H,3-4H2,(H,15,16). The predicted molar refractivity (Wildman–Crippen MR) is 60.6 cm³/mol. The molecule has 0 spiro atoms. The number of nitrogens with zero attached hydrogens (tertiary/aromatic N) is 1.